The molecule has 0 bridgehead atoms. The van der Waals surface area contributed by atoms with Gasteiger partial charge in [-0.3, -0.25) is 0 Å². The van der Waals surface area contributed by atoms with E-state index in [1.807, 2.05) is 6.07 Å². The van der Waals surface area contributed by atoms with Crippen molar-refractivity contribution in [2.45, 2.75) is 19.2 Å². The molecule has 2 nitrogen and oxygen atoms in total. The number of nitrogens with zero attached hydrogens (tertiary/aromatic N) is 1. The van der Waals surface area contributed by atoms with E-state index >= 15 is 0 Å². The Morgan fingerprint density at radius 2 is 2.21 bits per heavy atom. The molecule has 1 aromatic carbocycles. The summed E-state index contributed by atoms with van der Waals surface area (Å²) in [5.74, 6) is 1.02. The summed E-state index contributed by atoms with van der Waals surface area (Å²) in [6.45, 7) is 3.05. The largest absolute Gasteiger partial charge is 0.508 e. The minimum absolute atomic E-state index is 0.314. The maximum Gasteiger partial charge on any atom is 0.116 e. The summed E-state index contributed by atoms with van der Waals surface area (Å²) in [5, 5.41) is 10.5. The Labute approximate surface area is 88.6 Å². The topological polar surface area (TPSA) is 25.2 Å². The van der Waals surface area contributed by atoms with Gasteiger partial charge in [0.05, 0.1) is 0 Å². The average Bonchev–Trinajstić information content (AvgIpc) is 2.55. The summed E-state index contributed by atoms with van der Waals surface area (Å²) in [5.41, 5.74) is 2.33. The Hall–Kier alpha value is -1.09. The van der Waals surface area contributed by atoms with Crippen LogP contribution in [0, 0.1) is 0 Å². The fourth-order valence-electron chi connectivity index (χ4n) is 1.75. The van der Waals surface area contributed by atoms with Gasteiger partial charge in [-0.2, -0.15) is 12.6 Å². The molecule has 2 rings (SSSR count). The highest BCUT2D eigenvalue weighted by molar-refractivity contribution is 7.79. The molecule has 2 aromatic rings. The summed E-state index contributed by atoms with van der Waals surface area (Å²) in [6, 6.07) is 5.46. The molecule has 3 heteroatoms. The molecular weight excluding hydrogens is 194 g/mol. The first-order valence-corrected chi connectivity index (χ1v) is 5.31. The minimum Gasteiger partial charge on any atom is -0.508 e. The quantitative estimate of drug-likeness (QED) is 0.727. The molecule has 1 heterocycles. The van der Waals surface area contributed by atoms with Crippen molar-refractivity contribution < 1.29 is 5.11 Å². The normalized spacial score (nSPS) is 11.0. The third-order valence-corrected chi connectivity index (χ3v) is 2.80. The Morgan fingerprint density at radius 1 is 1.43 bits per heavy atom. The number of fused-ring (bicyclic) bond motifs is 1. The first-order chi connectivity index (χ1) is 6.76. The maximum atomic E-state index is 9.40. The number of hydrogen-bond donors (Lipinski definition) is 2. The van der Waals surface area contributed by atoms with Crippen LogP contribution >= 0.6 is 12.6 Å². The molecule has 0 spiro atoms. The Kier molecular flexibility index (Phi) is 2.42. The number of thiol groups is 1. The molecule has 74 valence electrons. The number of phenols is 1. The highest BCUT2D eigenvalue weighted by atomic mass is 32.1. The lowest BCUT2D eigenvalue weighted by atomic mass is 10.2. The smallest absolute Gasteiger partial charge is 0.116 e. The van der Waals surface area contributed by atoms with Gasteiger partial charge in [-0.25, -0.2) is 0 Å². The van der Waals surface area contributed by atoms with Crippen LogP contribution in [0.2, 0.25) is 0 Å². The van der Waals surface area contributed by atoms with Crippen LogP contribution in [0.3, 0.4) is 0 Å². The number of hydrogen-bond acceptors (Lipinski definition) is 2. The molecule has 0 radical (unpaired) electrons. The van der Waals surface area contributed by atoms with E-state index in [1.54, 1.807) is 12.1 Å². The van der Waals surface area contributed by atoms with Gasteiger partial charge >= 0.3 is 0 Å². The number of phenolic OH excluding ortho intramolecular Hbond substituents is 1. The molecule has 1 aromatic heterocycles. The first kappa shape index (κ1) is 9.46. The second kappa shape index (κ2) is 3.58. The predicted molar refractivity (Wildman–Crippen MR) is 62.0 cm³/mol. The number of aromatic hydroxyl groups is 1. The van der Waals surface area contributed by atoms with Crippen LogP contribution in [0.5, 0.6) is 5.75 Å². The number of rotatable bonds is 2. The molecule has 0 aliphatic carbocycles. The lowest BCUT2D eigenvalue weighted by Crippen LogP contribution is -1.89. The van der Waals surface area contributed by atoms with Gasteiger partial charge in [0.1, 0.15) is 5.75 Å². The molecule has 0 unspecified atom stereocenters. The zero-order valence-electron chi connectivity index (χ0n) is 8.07. The van der Waals surface area contributed by atoms with Gasteiger partial charge in [-0.15, -0.1) is 0 Å². The summed E-state index contributed by atoms with van der Waals surface area (Å²) in [7, 11) is 0. The second-order valence-corrected chi connectivity index (χ2v) is 3.62. The van der Waals surface area contributed by atoms with Gasteiger partial charge in [0.25, 0.3) is 0 Å². The zero-order chi connectivity index (χ0) is 10.1. The van der Waals surface area contributed by atoms with Gasteiger partial charge in [0.2, 0.25) is 0 Å². The standard InChI is InChI=1S/C11H13NOS/c1-2-12-6-8(7-14)10-5-9(13)3-4-11(10)12/h3-6,13-14H,2,7H2,1H3. The van der Waals surface area contributed by atoms with Crippen molar-refractivity contribution in [3.05, 3.63) is 30.0 Å². The summed E-state index contributed by atoms with van der Waals surface area (Å²) in [4.78, 5) is 0. The molecule has 1 N–H and O–H groups in total. The molecule has 0 amide bonds. The third kappa shape index (κ3) is 1.38. The zero-order valence-corrected chi connectivity index (χ0v) is 8.96. The fourth-order valence-corrected chi connectivity index (χ4v) is 2.00. The van der Waals surface area contributed by atoms with E-state index in [-0.39, 0.29) is 0 Å². The van der Waals surface area contributed by atoms with Crippen LogP contribution in [-0.4, -0.2) is 9.67 Å². The molecule has 0 aliphatic rings. The second-order valence-electron chi connectivity index (χ2n) is 3.30. The number of benzene rings is 1. The number of aromatic nitrogens is 1. The highest BCUT2D eigenvalue weighted by Gasteiger charge is 2.06. The number of aryl methyl sites for hydroxylation is 1. The van der Waals surface area contributed by atoms with E-state index < -0.39 is 0 Å². The summed E-state index contributed by atoms with van der Waals surface area (Å²) >= 11 is 4.28. The third-order valence-electron chi connectivity index (χ3n) is 2.46. The first-order valence-electron chi connectivity index (χ1n) is 4.68. The van der Waals surface area contributed by atoms with E-state index in [1.165, 1.54) is 5.56 Å². The average molecular weight is 207 g/mol. The monoisotopic (exact) mass is 207 g/mol. The van der Waals surface area contributed by atoms with Crippen molar-refractivity contribution >= 4 is 23.5 Å². The van der Waals surface area contributed by atoms with Gasteiger partial charge in [0.15, 0.2) is 0 Å². The van der Waals surface area contributed by atoms with Crippen molar-refractivity contribution in [1.29, 1.82) is 0 Å². The Morgan fingerprint density at radius 3 is 2.86 bits per heavy atom. The van der Waals surface area contributed by atoms with E-state index in [2.05, 4.69) is 30.3 Å². The van der Waals surface area contributed by atoms with Crippen molar-refractivity contribution in [3.63, 3.8) is 0 Å². The maximum absolute atomic E-state index is 9.40. The SMILES string of the molecule is CCn1cc(CS)c2cc(O)ccc21. The van der Waals surface area contributed by atoms with E-state index in [4.69, 9.17) is 0 Å². The van der Waals surface area contributed by atoms with E-state index in [9.17, 15) is 5.11 Å². The summed E-state index contributed by atoms with van der Waals surface area (Å²) in [6.07, 6.45) is 2.09. The Balaban J connectivity index is 2.75. The Bertz CT molecular complexity index is 462. The van der Waals surface area contributed by atoms with E-state index in [0.29, 0.717) is 11.5 Å². The molecular formula is C11H13NOS. The summed E-state index contributed by atoms with van der Waals surface area (Å²) < 4.78 is 2.17. The van der Waals surface area contributed by atoms with Gasteiger partial charge in [-0.05, 0) is 30.7 Å². The van der Waals surface area contributed by atoms with Gasteiger partial charge < -0.3 is 9.67 Å². The molecule has 0 atom stereocenters. The van der Waals surface area contributed by atoms with Crippen LogP contribution in [-0.2, 0) is 12.3 Å². The van der Waals surface area contributed by atoms with Crippen molar-refractivity contribution in [2.75, 3.05) is 0 Å². The molecule has 0 saturated carbocycles. The minimum atomic E-state index is 0.314. The van der Waals surface area contributed by atoms with Gasteiger partial charge in [0, 0.05) is 29.4 Å². The molecule has 0 saturated heterocycles. The lowest BCUT2D eigenvalue weighted by molar-refractivity contribution is 0.476. The molecule has 0 fully saturated rings. The molecule has 0 aliphatic heterocycles. The van der Waals surface area contributed by atoms with Crippen molar-refractivity contribution in [1.82, 2.24) is 4.57 Å². The highest BCUT2D eigenvalue weighted by Crippen LogP contribution is 2.26. The molecule has 14 heavy (non-hydrogen) atoms. The fraction of sp³-hybridized carbons (Fsp3) is 0.273. The van der Waals surface area contributed by atoms with Gasteiger partial charge in [-0.1, -0.05) is 0 Å². The predicted octanol–water partition coefficient (Wildman–Crippen LogP) is 2.80. The lowest BCUT2D eigenvalue weighted by Gasteiger charge is -1.99. The van der Waals surface area contributed by atoms with Crippen LogP contribution in [0.15, 0.2) is 24.4 Å². The van der Waals surface area contributed by atoms with E-state index in [0.717, 1.165) is 17.4 Å². The van der Waals surface area contributed by atoms with Crippen molar-refractivity contribution in [2.24, 2.45) is 0 Å². The van der Waals surface area contributed by atoms with Crippen LogP contribution in [0.4, 0.5) is 0 Å². The van der Waals surface area contributed by atoms with Crippen LogP contribution in [0.1, 0.15) is 12.5 Å². The van der Waals surface area contributed by atoms with Crippen LogP contribution in [0.25, 0.3) is 10.9 Å². The van der Waals surface area contributed by atoms with Crippen molar-refractivity contribution in [3.8, 4) is 5.75 Å². The van der Waals surface area contributed by atoms with Crippen LogP contribution < -0.4 is 0 Å².